The van der Waals surface area contributed by atoms with E-state index in [1.807, 2.05) is 6.92 Å². The molecule has 1 atom stereocenters. The number of rotatable bonds is 7. The highest BCUT2D eigenvalue weighted by Crippen LogP contribution is 2.26. The van der Waals surface area contributed by atoms with Gasteiger partial charge < -0.3 is 15.0 Å². The van der Waals surface area contributed by atoms with Crippen LogP contribution in [0.15, 0.2) is 24.3 Å². The molecule has 6 nitrogen and oxygen atoms in total. The predicted molar refractivity (Wildman–Crippen MR) is 113 cm³/mol. The summed E-state index contributed by atoms with van der Waals surface area (Å²) in [6.45, 7) is 6.11. The Kier molecular flexibility index (Phi) is 8.49. The fourth-order valence-corrected chi connectivity index (χ4v) is 4.55. The van der Waals surface area contributed by atoms with E-state index >= 15 is 0 Å². The maximum atomic E-state index is 13.7. The zero-order chi connectivity index (χ0) is 21.3. The number of carbonyl (C=O) groups is 2. The van der Waals surface area contributed by atoms with Crippen molar-refractivity contribution in [2.45, 2.75) is 58.0 Å². The zero-order valence-corrected chi connectivity index (χ0v) is 17.9. The largest absolute Gasteiger partial charge is 0.450 e. The fraction of sp³-hybridized carbons (Fsp3) is 0.652. The number of likely N-dealkylation sites (tertiary alicyclic amines) is 2. The molecule has 0 saturated carbocycles. The van der Waals surface area contributed by atoms with Gasteiger partial charge in [-0.2, -0.15) is 0 Å². The van der Waals surface area contributed by atoms with E-state index in [1.54, 1.807) is 23.1 Å². The van der Waals surface area contributed by atoms with Gasteiger partial charge in [-0.05, 0) is 57.6 Å². The minimum absolute atomic E-state index is 0.0156. The van der Waals surface area contributed by atoms with Crippen LogP contribution in [0.2, 0.25) is 0 Å². The number of halogens is 1. The van der Waals surface area contributed by atoms with E-state index in [2.05, 4.69) is 10.2 Å². The van der Waals surface area contributed by atoms with Gasteiger partial charge >= 0.3 is 6.09 Å². The normalized spacial score (nSPS) is 20.7. The summed E-state index contributed by atoms with van der Waals surface area (Å²) in [5.41, 5.74) is 0.517. The van der Waals surface area contributed by atoms with E-state index in [0.29, 0.717) is 30.6 Å². The third-order valence-corrected chi connectivity index (χ3v) is 6.27. The summed E-state index contributed by atoms with van der Waals surface area (Å²) in [6, 6.07) is 7.04. The smallest absolute Gasteiger partial charge is 0.409 e. The van der Waals surface area contributed by atoms with Gasteiger partial charge in [0.25, 0.3) is 0 Å². The summed E-state index contributed by atoms with van der Waals surface area (Å²) < 4.78 is 18.8. The van der Waals surface area contributed by atoms with Crippen LogP contribution in [0.4, 0.5) is 9.18 Å². The van der Waals surface area contributed by atoms with Crippen molar-refractivity contribution in [3.8, 4) is 0 Å². The molecule has 1 aromatic rings. The van der Waals surface area contributed by atoms with Gasteiger partial charge in [0.05, 0.1) is 6.61 Å². The molecule has 0 bridgehead atoms. The Labute approximate surface area is 178 Å². The predicted octanol–water partition coefficient (Wildman–Crippen LogP) is 3.56. The molecule has 2 aliphatic heterocycles. The lowest BCUT2D eigenvalue weighted by atomic mass is 9.90. The monoisotopic (exact) mass is 419 g/mol. The average molecular weight is 420 g/mol. The van der Waals surface area contributed by atoms with Crippen molar-refractivity contribution in [2.24, 2.45) is 5.92 Å². The van der Waals surface area contributed by atoms with E-state index in [4.69, 9.17) is 4.74 Å². The molecule has 0 radical (unpaired) electrons. The van der Waals surface area contributed by atoms with E-state index < -0.39 is 0 Å². The highest BCUT2D eigenvalue weighted by atomic mass is 19.1. The van der Waals surface area contributed by atoms with Crippen molar-refractivity contribution in [3.63, 3.8) is 0 Å². The van der Waals surface area contributed by atoms with Crippen LogP contribution in [-0.4, -0.2) is 60.6 Å². The van der Waals surface area contributed by atoms with Crippen molar-refractivity contribution in [3.05, 3.63) is 35.6 Å². The van der Waals surface area contributed by atoms with Crippen LogP contribution in [0, 0.1) is 11.7 Å². The summed E-state index contributed by atoms with van der Waals surface area (Å²) >= 11 is 0. The summed E-state index contributed by atoms with van der Waals surface area (Å²) in [5.74, 6) is 0.217. The first-order valence-electron chi connectivity index (χ1n) is 11.2. The van der Waals surface area contributed by atoms with Crippen molar-refractivity contribution in [1.82, 2.24) is 15.1 Å². The number of nitrogens with one attached hydrogen (secondary N) is 1. The molecule has 0 aromatic heterocycles. The van der Waals surface area contributed by atoms with Crippen LogP contribution in [0.3, 0.4) is 0 Å². The van der Waals surface area contributed by atoms with Gasteiger partial charge in [-0.3, -0.25) is 9.69 Å². The van der Waals surface area contributed by atoms with Crippen molar-refractivity contribution < 1.29 is 18.7 Å². The van der Waals surface area contributed by atoms with Gasteiger partial charge in [0.2, 0.25) is 5.91 Å². The molecule has 1 aromatic carbocycles. The van der Waals surface area contributed by atoms with Crippen LogP contribution in [0.1, 0.15) is 51.0 Å². The number of benzene rings is 1. The minimum atomic E-state index is -0.283. The molecule has 166 valence electrons. The second-order valence-corrected chi connectivity index (χ2v) is 8.33. The van der Waals surface area contributed by atoms with Crippen LogP contribution in [-0.2, 0) is 16.1 Å². The van der Waals surface area contributed by atoms with Crippen LogP contribution in [0.25, 0.3) is 0 Å². The molecule has 2 saturated heterocycles. The van der Waals surface area contributed by atoms with Crippen LogP contribution >= 0.6 is 0 Å². The molecule has 2 amide bonds. The molecule has 2 heterocycles. The van der Waals surface area contributed by atoms with Gasteiger partial charge in [-0.25, -0.2) is 9.18 Å². The Morgan fingerprint density at radius 2 is 1.93 bits per heavy atom. The minimum Gasteiger partial charge on any atom is -0.450 e. The van der Waals surface area contributed by atoms with Gasteiger partial charge in [0.1, 0.15) is 5.82 Å². The third kappa shape index (κ3) is 6.42. The molecule has 0 aliphatic carbocycles. The average Bonchev–Trinajstić information content (AvgIpc) is 2.77. The number of ether oxygens (including phenoxy) is 1. The highest BCUT2D eigenvalue weighted by molar-refractivity contribution is 5.75. The van der Waals surface area contributed by atoms with Crippen LogP contribution in [0.5, 0.6) is 0 Å². The molecular weight excluding hydrogens is 385 g/mol. The Bertz CT molecular complexity index is 707. The van der Waals surface area contributed by atoms with Crippen molar-refractivity contribution >= 4 is 12.0 Å². The van der Waals surface area contributed by atoms with E-state index in [1.165, 1.54) is 6.07 Å². The van der Waals surface area contributed by atoms with Gasteiger partial charge in [-0.1, -0.05) is 18.2 Å². The van der Waals surface area contributed by atoms with Crippen LogP contribution < -0.4 is 5.32 Å². The quantitative estimate of drug-likeness (QED) is 0.734. The topological polar surface area (TPSA) is 61.9 Å². The maximum absolute atomic E-state index is 13.7. The van der Waals surface area contributed by atoms with Gasteiger partial charge in [0.15, 0.2) is 0 Å². The molecule has 30 heavy (non-hydrogen) atoms. The molecule has 2 fully saturated rings. The van der Waals surface area contributed by atoms with Crippen molar-refractivity contribution in [2.75, 3.05) is 32.8 Å². The molecule has 3 rings (SSSR count). The lowest BCUT2D eigenvalue weighted by Gasteiger charge is -2.42. The zero-order valence-electron chi connectivity index (χ0n) is 17.9. The number of piperidine rings is 2. The number of hydrogen-bond donors (Lipinski definition) is 1. The summed E-state index contributed by atoms with van der Waals surface area (Å²) in [4.78, 5) is 28.4. The summed E-state index contributed by atoms with van der Waals surface area (Å²) in [6.07, 6.45) is 5.41. The number of hydrogen-bond acceptors (Lipinski definition) is 4. The van der Waals surface area contributed by atoms with E-state index in [9.17, 15) is 14.0 Å². The SMILES string of the molecule is CCOC(=O)N1CCC(N2CCC[C@H](CCC(=O)NCc3ccccc3F)C2)CC1. The second kappa shape index (κ2) is 11.3. The first-order valence-corrected chi connectivity index (χ1v) is 11.2. The Morgan fingerprint density at radius 1 is 1.17 bits per heavy atom. The maximum Gasteiger partial charge on any atom is 0.409 e. The summed E-state index contributed by atoms with van der Waals surface area (Å²) in [7, 11) is 0. The number of amides is 2. The molecule has 0 spiro atoms. The summed E-state index contributed by atoms with van der Waals surface area (Å²) in [5, 5.41) is 2.84. The van der Waals surface area contributed by atoms with Gasteiger partial charge in [0, 0.05) is 44.2 Å². The molecule has 7 heteroatoms. The molecule has 1 N–H and O–H groups in total. The fourth-order valence-electron chi connectivity index (χ4n) is 4.55. The Balaban J connectivity index is 1.37. The van der Waals surface area contributed by atoms with Crippen molar-refractivity contribution in [1.29, 1.82) is 0 Å². The number of carbonyl (C=O) groups excluding carboxylic acids is 2. The van der Waals surface area contributed by atoms with E-state index in [-0.39, 0.29) is 24.4 Å². The lowest BCUT2D eigenvalue weighted by Crippen LogP contribution is -2.49. The molecular formula is C23H34FN3O3. The first kappa shape index (κ1) is 22.5. The van der Waals surface area contributed by atoms with Gasteiger partial charge in [-0.15, -0.1) is 0 Å². The third-order valence-electron chi connectivity index (χ3n) is 6.27. The second-order valence-electron chi connectivity index (χ2n) is 8.33. The number of nitrogens with zero attached hydrogens (tertiary/aromatic N) is 2. The highest BCUT2D eigenvalue weighted by Gasteiger charge is 2.30. The molecule has 0 unspecified atom stereocenters. The first-order chi connectivity index (χ1) is 14.6. The lowest BCUT2D eigenvalue weighted by molar-refractivity contribution is -0.121. The molecule has 2 aliphatic rings. The van der Waals surface area contributed by atoms with E-state index in [0.717, 1.165) is 58.3 Å². The standard InChI is InChI=1S/C23H34FN3O3/c1-2-30-23(29)26-14-11-20(12-15-26)27-13-5-6-18(17-27)9-10-22(28)25-16-19-7-3-4-8-21(19)24/h3-4,7-8,18,20H,2,5-6,9-17H2,1H3,(H,25,28)/t18-/m1/s1. The Morgan fingerprint density at radius 3 is 2.67 bits per heavy atom. The Hall–Kier alpha value is -2.15.